The number of methoxy groups -OCH3 is 1. The summed E-state index contributed by atoms with van der Waals surface area (Å²) in [6.07, 6.45) is 2.36. The van der Waals surface area contributed by atoms with E-state index < -0.39 is 6.04 Å². The van der Waals surface area contributed by atoms with Crippen molar-refractivity contribution in [3.05, 3.63) is 82.7 Å². The number of hydrogen-bond acceptors (Lipinski definition) is 5. The largest absolute Gasteiger partial charge is 0.495 e. The number of nitrogens with zero attached hydrogens (tertiary/aromatic N) is 2. The lowest BCUT2D eigenvalue weighted by molar-refractivity contribution is -0.133. The van der Waals surface area contributed by atoms with Crippen molar-refractivity contribution in [3.8, 4) is 5.75 Å². The lowest BCUT2D eigenvalue weighted by Gasteiger charge is -2.38. The zero-order chi connectivity index (χ0) is 24.2. The van der Waals surface area contributed by atoms with Crippen molar-refractivity contribution in [1.29, 1.82) is 0 Å². The Balaban J connectivity index is 1.33. The Hall–Kier alpha value is -3.78. The van der Waals surface area contributed by atoms with Crippen molar-refractivity contribution in [3.63, 3.8) is 0 Å². The van der Waals surface area contributed by atoms with Gasteiger partial charge in [0.2, 0.25) is 5.91 Å². The van der Waals surface area contributed by atoms with Crippen LogP contribution in [-0.4, -0.2) is 61.0 Å². The van der Waals surface area contributed by atoms with Crippen molar-refractivity contribution in [2.24, 2.45) is 0 Å². The predicted octanol–water partition coefficient (Wildman–Crippen LogP) is 3.93. The van der Waals surface area contributed by atoms with E-state index in [0.29, 0.717) is 37.5 Å². The van der Waals surface area contributed by atoms with Crippen molar-refractivity contribution >= 4 is 39.7 Å². The lowest BCUT2D eigenvalue weighted by atomic mass is 10.0. The summed E-state index contributed by atoms with van der Waals surface area (Å²) in [7, 11) is 1.67. The summed E-state index contributed by atoms with van der Waals surface area (Å²) >= 11 is 1.37. The quantitative estimate of drug-likeness (QED) is 0.413. The molecule has 0 saturated carbocycles. The third-order valence-corrected chi connectivity index (χ3v) is 7.33. The average molecular weight is 489 g/mol. The summed E-state index contributed by atoms with van der Waals surface area (Å²) in [5, 5.41) is 5.94. The molecule has 180 valence electrons. The molecule has 0 aliphatic carbocycles. The number of hydrogen-bond donors (Lipinski definition) is 2. The molecule has 8 heteroatoms. The highest BCUT2D eigenvalue weighted by molar-refractivity contribution is 7.12. The third-order valence-electron chi connectivity index (χ3n) is 6.46. The Morgan fingerprint density at radius 3 is 2.57 bits per heavy atom. The minimum atomic E-state index is -0.651. The molecule has 1 fully saturated rings. The van der Waals surface area contributed by atoms with Gasteiger partial charge in [-0.25, -0.2) is 0 Å². The molecule has 2 amide bonds. The molecule has 0 bridgehead atoms. The van der Waals surface area contributed by atoms with E-state index in [1.165, 1.54) is 11.3 Å². The van der Waals surface area contributed by atoms with Gasteiger partial charge in [-0.15, -0.1) is 11.3 Å². The zero-order valence-electron chi connectivity index (χ0n) is 19.6. The number of amides is 2. The molecule has 1 aliphatic heterocycles. The van der Waals surface area contributed by atoms with Crippen LogP contribution in [0.15, 0.2) is 72.2 Å². The average Bonchev–Trinajstić information content (AvgIpc) is 3.59. The van der Waals surface area contributed by atoms with E-state index in [0.717, 1.165) is 27.9 Å². The molecule has 3 heterocycles. The fourth-order valence-corrected chi connectivity index (χ4v) is 5.26. The summed E-state index contributed by atoms with van der Waals surface area (Å²) in [5.74, 6) is 0.554. The number of thiophene rings is 1. The Kier molecular flexibility index (Phi) is 6.72. The lowest BCUT2D eigenvalue weighted by Crippen LogP contribution is -2.55. The second kappa shape index (κ2) is 10.2. The maximum absolute atomic E-state index is 13.7. The molecule has 2 aromatic carbocycles. The number of carbonyl (C=O) groups is 2. The smallest absolute Gasteiger partial charge is 0.262 e. The summed E-state index contributed by atoms with van der Waals surface area (Å²) in [5.41, 5.74) is 3.06. The molecule has 35 heavy (non-hydrogen) atoms. The number of H-pyrrole nitrogens is 1. The highest BCUT2D eigenvalue weighted by atomic mass is 32.1. The molecule has 5 rings (SSSR count). The number of aromatic nitrogens is 1. The molecule has 0 spiro atoms. The SMILES string of the molecule is COc1ccccc1N1CCN(C(=O)[C@H](Cc2c[nH]c3ccccc23)NC(=O)c2cccs2)CC1. The van der Waals surface area contributed by atoms with Crippen molar-refractivity contribution < 1.29 is 14.3 Å². The van der Waals surface area contributed by atoms with Gasteiger partial charge in [-0.2, -0.15) is 0 Å². The first kappa shape index (κ1) is 23.0. The van der Waals surface area contributed by atoms with E-state index in [1.807, 2.05) is 71.1 Å². The summed E-state index contributed by atoms with van der Waals surface area (Å²) in [6.45, 7) is 2.56. The van der Waals surface area contributed by atoms with Crippen LogP contribution in [0.3, 0.4) is 0 Å². The normalized spacial score (nSPS) is 14.7. The first-order valence-electron chi connectivity index (χ1n) is 11.7. The maximum Gasteiger partial charge on any atom is 0.262 e. The van der Waals surface area contributed by atoms with Crippen LogP contribution in [0, 0.1) is 0 Å². The van der Waals surface area contributed by atoms with E-state index >= 15 is 0 Å². The fraction of sp³-hybridized carbons (Fsp3) is 0.259. The van der Waals surface area contributed by atoms with Gasteiger partial charge in [0.15, 0.2) is 0 Å². The van der Waals surface area contributed by atoms with E-state index in [-0.39, 0.29) is 11.8 Å². The second-order valence-electron chi connectivity index (χ2n) is 8.55. The number of aromatic amines is 1. The van der Waals surface area contributed by atoms with Crippen LogP contribution in [0.4, 0.5) is 5.69 Å². The third kappa shape index (κ3) is 4.88. The molecule has 0 radical (unpaired) electrons. The summed E-state index contributed by atoms with van der Waals surface area (Å²) in [6, 6.07) is 18.9. The molecule has 2 aromatic heterocycles. The summed E-state index contributed by atoms with van der Waals surface area (Å²) in [4.78, 5) is 34.6. The van der Waals surface area contributed by atoms with Crippen LogP contribution in [0.1, 0.15) is 15.2 Å². The maximum atomic E-state index is 13.7. The van der Waals surface area contributed by atoms with Crippen LogP contribution in [0.5, 0.6) is 5.75 Å². The van der Waals surface area contributed by atoms with E-state index in [4.69, 9.17) is 4.74 Å². The van der Waals surface area contributed by atoms with Crippen LogP contribution < -0.4 is 15.0 Å². The van der Waals surface area contributed by atoms with Gasteiger partial charge in [0.1, 0.15) is 11.8 Å². The standard InChI is InChI=1S/C27H28N4O3S/c1-34-24-10-5-4-9-23(24)30-12-14-31(15-13-30)27(33)22(29-26(32)25-11-6-16-35-25)17-19-18-28-21-8-3-2-7-20(19)21/h2-11,16,18,22,28H,12-15,17H2,1H3,(H,29,32)/t22-/m0/s1. The van der Waals surface area contributed by atoms with Gasteiger partial charge < -0.3 is 24.8 Å². The van der Waals surface area contributed by atoms with Crippen molar-refractivity contribution in [2.75, 3.05) is 38.2 Å². The molecule has 2 N–H and O–H groups in total. The predicted molar refractivity (Wildman–Crippen MR) is 139 cm³/mol. The fourth-order valence-electron chi connectivity index (χ4n) is 4.64. The number of benzene rings is 2. The Labute approximate surface area is 208 Å². The van der Waals surface area contributed by atoms with Gasteiger partial charge in [0, 0.05) is 49.7 Å². The van der Waals surface area contributed by atoms with Crippen LogP contribution in [0.25, 0.3) is 10.9 Å². The molecular formula is C27H28N4O3S. The Morgan fingerprint density at radius 2 is 1.80 bits per heavy atom. The number of carbonyl (C=O) groups excluding carboxylic acids is 2. The molecule has 1 atom stereocenters. The van der Waals surface area contributed by atoms with Crippen LogP contribution in [0.2, 0.25) is 0 Å². The van der Waals surface area contributed by atoms with Crippen molar-refractivity contribution in [1.82, 2.24) is 15.2 Å². The molecule has 4 aromatic rings. The number of nitrogens with one attached hydrogen (secondary N) is 2. The van der Waals surface area contributed by atoms with Gasteiger partial charge in [0.25, 0.3) is 5.91 Å². The Morgan fingerprint density at radius 1 is 1.03 bits per heavy atom. The number of fused-ring (bicyclic) bond motifs is 1. The molecule has 7 nitrogen and oxygen atoms in total. The van der Waals surface area contributed by atoms with Gasteiger partial charge in [-0.05, 0) is 35.2 Å². The second-order valence-corrected chi connectivity index (χ2v) is 9.50. The van der Waals surface area contributed by atoms with E-state index in [2.05, 4.69) is 15.2 Å². The van der Waals surface area contributed by atoms with Gasteiger partial charge in [-0.3, -0.25) is 9.59 Å². The molecular weight excluding hydrogens is 460 g/mol. The first-order chi connectivity index (χ1) is 17.1. The first-order valence-corrected chi connectivity index (χ1v) is 12.6. The molecule has 0 unspecified atom stereocenters. The zero-order valence-corrected chi connectivity index (χ0v) is 20.4. The number of ether oxygens (including phenoxy) is 1. The minimum Gasteiger partial charge on any atom is -0.495 e. The van der Waals surface area contributed by atoms with Crippen molar-refractivity contribution in [2.45, 2.75) is 12.5 Å². The van der Waals surface area contributed by atoms with Crippen LogP contribution in [-0.2, 0) is 11.2 Å². The van der Waals surface area contributed by atoms with Gasteiger partial charge >= 0.3 is 0 Å². The monoisotopic (exact) mass is 488 g/mol. The minimum absolute atomic E-state index is 0.0557. The number of anilines is 1. The Bertz CT molecular complexity index is 1310. The highest BCUT2D eigenvalue weighted by Crippen LogP contribution is 2.28. The topological polar surface area (TPSA) is 77.7 Å². The molecule has 1 saturated heterocycles. The van der Waals surface area contributed by atoms with Gasteiger partial charge in [-0.1, -0.05) is 36.4 Å². The number of para-hydroxylation sites is 3. The number of piperazine rings is 1. The van der Waals surface area contributed by atoms with Crippen LogP contribution >= 0.6 is 11.3 Å². The molecule has 1 aliphatic rings. The highest BCUT2D eigenvalue weighted by Gasteiger charge is 2.30. The van der Waals surface area contributed by atoms with Gasteiger partial charge in [0.05, 0.1) is 17.7 Å². The van der Waals surface area contributed by atoms with E-state index in [1.54, 1.807) is 13.2 Å². The summed E-state index contributed by atoms with van der Waals surface area (Å²) < 4.78 is 5.51. The van der Waals surface area contributed by atoms with E-state index in [9.17, 15) is 9.59 Å². The number of rotatable bonds is 7.